The minimum Gasteiger partial charge on any atom is -0.462 e. The van der Waals surface area contributed by atoms with Crippen LogP contribution >= 0.6 is 23.1 Å². The molecule has 11 heteroatoms. The molecule has 4 rings (SSSR count). The van der Waals surface area contributed by atoms with E-state index in [1.165, 1.54) is 23.1 Å². The van der Waals surface area contributed by atoms with Crippen molar-refractivity contribution in [1.29, 1.82) is 0 Å². The van der Waals surface area contributed by atoms with Crippen LogP contribution in [0.1, 0.15) is 68.3 Å². The molecule has 0 saturated heterocycles. The summed E-state index contributed by atoms with van der Waals surface area (Å²) >= 11 is 2.65. The quantitative estimate of drug-likeness (QED) is 0.308. The molecular weight excluding hydrogens is 538 g/mol. The van der Waals surface area contributed by atoms with Gasteiger partial charge < -0.3 is 25.0 Å². The molecule has 3 amide bonds. The van der Waals surface area contributed by atoms with Gasteiger partial charge in [0.15, 0.2) is 0 Å². The largest absolute Gasteiger partial charge is 0.462 e. The molecular formula is C28H35N3O6S2. The summed E-state index contributed by atoms with van der Waals surface area (Å²) in [6.45, 7) is 9.88. The molecule has 2 heterocycles. The number of carbonyl (C=O) groups excluding carboxylic acids is 4. The van der Waals surface area contributed by atoms with Gasteiger partial charge in [0.05, 0.1) is 24.0 Å². The summed E-state index contributed by atoms with van der Waals surface area (Å²) in [5, 5.41) is 5.81. The van der Waals surface area contributed by atoms with Gasteiger partial charge in [-0.1, -0.05) is 6.07 Å². The number of amides is 3. The van der Waals surface area contributed by atoms with Crippen LogP contribution in [-0.2, 0) is 32.0 Å². The summed E-state index contributed by atoms with van der Waals surface area (Å²) in [7, 11) is 0. The van der Waals surface area contributed by atoms with Crippen molar-refractivity contribution in [2.24, 2.45) is 5.92 Å². The lowest BCUT2D eigenvalue weighted by Gasteiger charge is -2.30. The number of esters is 1. The van der Waals surface area contributed by atoms with Gasteiger partial charge in [-0.3, -0.25) is 9.59 Å². The fourth-order valence-corrected chi connectivity index (χ4v) is 6.28. The highest BCUT2D eigenvalue weighted by Crippen LogP contribution is 2.39. The average molecular weight is 574 g/mol. The summed E-state index contributed by atoms with van der Waals surface area (Å²) in [4.78, 5) is 54.1. The second-order valence-corrected chi connectivity index (χ2v) is 13.1. The Kier molecular flexibility index (Phi) is 8.90. The number of anilines is 2. The van der Waals surface area contributed by atoms with Gasteiger partial charge in [0.25, 0.3) is 0 Å². The van der Waals surface area contributed by atoms with Gasteiger partial charge in [-0.25, -0.2) is 9.59 Å². The second-order valence-electron chi connectivity index (χ2n) is 10.6. The first kappa shape index (κ1) is 28.9. The van der Waals surface area contributed by atoms with Crippen LogP contribution in [0, 0.1) is 5.92 Å². The first-order chi connectivity index (χ1) is 18.4. The van der Waals surface area contributed by atoms with Crippen LogP contribution in [0.5, 0.6) is 0 Å². The summed E-state index contributed by atoms with van der Waals surface area (Å²) in [6, 6.07) is 7.42. The van der Waals surface area contributed by atoms with Crippen molar-refractivity contribution in [3.63, 3.8) is 0 Å². The molecule has 1 aliphatic heterocycles. The maximum Gasteiger partial charge on any atom is 0.410 e. The van der Waals surface area contributed by atoms with E-state index in [1.807, 2.05) is 45.0 Å². The zero-order valence-electron chi connectivity index (χ0n) is 22.9. The Morgan fingerprint density at radius 2 is 1.92 bits per heavy atom. The van der Waals surface area contributed by atoms with Crippen LogP contribution in [0.25, 0.3) is 0 Å². The Labute approximate surface area is 237 Å². The van der Waals surface area contributed by atoms with Crippen molar-refractivity contribution in [3.8, 4) is 0 Å². The Morgan fingerprint density at radius 1 is 1.18 bits per heavy atom. The smallest absolute Gasteiger partial charge is 0.410 e. The van der Waals surface area contributed by atoms with E-state index in [1.54, 1.807) is 18.7 Å². The van der Waals surface area contributed by atoms with Crippen LogP contribution in [0.4, 0.5) is 15.5 Å². The van der Waals surface area contributed by atoms with Crippen molar-refractivity contribution < 1.29 is 28.7 Å². The van der Waals surface area contributed by atoms with Gasteiger partial charge in [0, 0.05) is 27.9 Å². The third-order valence-electron chi connectivity index (χ3n) is 6.16. The van der Waals surface area contributed by atoms with E-state index in [9.17, 15) is 19.2 Å². The highest BCUT2D eigenvalue weighted by atomic mass is 32.2. The van der Waals surface area contributed by atoms with Crippen LogP contribution in [0.15, 0.2) is 29.2 Å². The number of thioether (sulfide) groups is 1. The molecule has 1 aliphatic carbocycles. The molecule has 0 bridgehead atoms. The van der Waals surface area contributed by atoms with E-state index in [-0.39, 0.29) is 24.3 Å². The minimum atomic E-state index is -0.613. The van der Waals surface area contributed by atoms with Crippen molar-refractivity contribution in [2.45, 2.75) is 76.2 Å². The van der Waals surface area contributed by atoms with E-state index < -0.39 is 22.9 Å². The van der Waals surface area contributed by atoms with Crippen molar-refractivity contribution in [1.82, 2.24) is 4.90 Å². The Balaban J connectivity index is 1.47. The number of nitrogens with one attached hydrogen (secondary N) is 2. The number of fused-ring (bicyclic) bond motifs is 1. The monoisotopic (exact) mass is 573 g/mol. The number of nitrogens with zero attached hydrogens (tertiary/aromatic N) is 1. The standard InChI is InChI=1S/C28H35N3O6S2/c1-6-36-26(34)22-20-12-13-31(27(35)37-28(3,4)5)15-21(20)39-25(22)30-23(32)16(2)38-19-9-7-8-18(14-19)29-24(33)17-10-11-17/h7-9,14,16-17H,6,10-13,15H2,1-5H3,(H,29,33)(H,30,32). The number of ether oxygens (including phenoxy) is 2. The van der Waals surface area contributed by atoms with Crippen molar-refractivity contribution >= 4 is 57.7 Å². The molecule has 9 nitrogen and oxygen atoms in total. The van der Waals surface area contributed by atoms with E-state index in [0.717, 1.165) is 28.2 Å². The maximum atomic E-state index is 13.2. The van der Waals surface area contributed by atoms with E-state index in [4.69, 9.17) is 9.47 Å². The molecule has 0 spiro atoms. The molecule has 1 atom stereocenters. The molecule has 2 aromatic rings. The number of carbonyl (C=O) groups is 4. The maximum absolute atomic E-state index is 13.2. The second kappa shape index (κ2) is 12.0. The van der Waals surface area contributed by atoms with Gasteiger partial charge in [0.1, 0.15) is 10.6 Å². The van der Waals surface area contributed by atoms with Gasteiger partial charge in [-0.2, -0.15) is 0 Å². The first-order valence-corrected chi connectivity index (χ1v) is 14.8. The lowest BCUT2D eigenvalue weighted by Crippen LogP contribution is -2.39. The van der Waals surface area contributed by atoms with Gasteiger partial charge in [0.2, 0.25) is 11.8 Å². The van der Waals surface area contributed by atoms with Crippen molar-refractivity contribution in [2.75, 3.05) is 23.8 Å². The molecule has 1 fully saturated rings. The molecule has 2 aliphatic rings. The molecule has 39 heavy (non-hydrogen) atoms. The zero-order chi connectivity index (χ0) is 28.3. The lowest BCUT2D eigenvalue weighted by molar-refractivity contribution is -0.117. The summed E-state index contributed by atoms with van der Waals surface area (Å²) in [5.74, 6) is -0.621. The number of hydrogen-bond acceptors (Lipinski definition) is 8. The normalized spacial score (nSPS) is 15.7. The molecule has 210 valence electrons. The van der Waals surface area contributed by atoms with E-state index in [0.29, 0.717) is 35.8 Å². The van der Waals surface area contributed by atoms with E-state index >= 15 is 0 Å². The highest BCUT2D eigenvalue weighted by Gasteiger charge is 2.33. The number of rotatable bonds is 8. The predicted octanol–water partition coefficient (Wildman–Crippen LogP) is 5.69. The first-order valence-electron chi connectivity index (χ1n) is 13.1. The molecule has 1 saturated carbocycles. The summed E-state index contributed by atoms with van der Waals surface area (Å²) in [6.07, 6.45) is 1.90. The molecule has 0 radical (unpaired) electrons. The van der Waals surface area contributed by atoms with Gasteiger partial charge >= 0.3 is 12.1 Å². The summed E-state index contributed by atoms with van der Waals surface area (Å²) in [5.41, 5.74) is 1.25. The fourth-order valence-electron chi connectivity index (χ4n) is 4.10. The molecule has 1 aromatic heterocycles. The number of benzene rings is 1. The lowest BCUT2D eigenvalue weighted by atomic mass is 10.0. The summed E-state index contributed by atoms with van der Waals surface area (Å²) < 4.78 is 10.8. The van der Waals surface area contributed by atoms with Gasteiger partial charge in [-0.05, 0) is 77.6 Å². The fraction of sp³-hybridized carbons (Fsp3) is 0.500. The van der Waals surface area contributed by atoms with Crippen molar-refractivity contribution in [3.05, 3.63) is 40.3 Å². The third kappa shape index (κ3) is 7.54. The Morgan fingerprint density at radius 3 is 2.59 bits per heavy atom. The minimum absolute atomic E-state index is 0.0290. The Bertz CT molecular complexity index is 1260. The third-order valence-corrected chi connectivity index (χ3v) is 8.38. The van der Waals surface area contributed by atoms with E-state index in [2.05, 4.69) is 10.6 Å². The predicted molar refractivity (Wildman–Crippen MR) is 152 cm³/mol. The Hall–Kier alpha value is -3.05. The molecule has 1 unspecified atom stereocenters. The van der Waals surface area contributed by atoms with Crippen LogP contribution < -0.4 is 10.6 Å². The highest BCUT2D eigenvalue weighted by molar-refractivity contribution is 8.00. The number of thiophene rings is 1. The molecule has 2 N–H and O–H groups in total. The molecule has 1 aromatic carbocycles. The van der Waals surface area contributed by atoms with Gasteiger partial charge in [-0.15, -0.1) is 23.1 Å². The van der Waals surface area contributed by atoms with Crippen LogP contribution in [-0.4, -0.2) is 52.8 Å². The topological polar surface area (TPSA) is 114 Å². The SMILES string of the molecule is CCOC(=O)c1c(NC(=O)C(C)Sc2cccc(NC(=O)C3CC3)c2)sc2c1CCN(C(=O)OC(C)(C)C)C2. The number of hydrogen-bond donors (Lipinski definition) is 2. The zero-order valence-corrected chi connectivity index (χ0v) is 24.6. The van der Waals surface area contributed by atoms with Crippen LogP contribution in [0.2, 0.25) is 0 Å². The average Bonchev–Trinajstić information content (AvgIpc) is 3.64. The van der Waals surface area contributed by atoms with Crippen LogP contribution in [0.3, 0.4) is 0 Å².